The fraction of sp³-hybridized carbons (Fsp3) is 0.304. The van der Waals surface area contributed by atoms with Gasteiger partial charge in [0.15, 0.2) is 5.76 Å². The molecule has 0 saturated heterocycles. The zero-order chi connectivity index (χ0) is 22.5. The topological polar surface area (TPSA) is 50.1 Å². The van der Waals surface area contributed by atoms with E-state index in [9.17, 15) is 23.2 Å². The number of ether oxygens (including phenoxy) is 1. The van der Waals surface area contributed by atoms with Gasteiger partial charge in [0.25, 0.3) is 0 Å². The van der Waals surface area contributed by atoms with Crippen LogP contribution in [-0.4, -0.2) is 11.6 Å². The molecule has 0 bridgehead atoms. The normalized spacial score (nSPS) is 12.7. The monoisotopic (exact) mass is 433 g/mol. The van der Waals surface area contributed by atoms with E-state index in [1.807, 2.05) is 18.2 Å². The number of alkyl halides is 3. The van der Waals surface area contributed by atoms with Gasteiger partial charge in [-0.15, -0.1) is 0 Å². The number of nitriles is 1. The summed E-state index contributed by atoms with van der Waals surface area (Å²) in [5.41, 5.74) is -0.174. The standard InChI is InChI=1S/C23H22F3NO2S/c1-5-22(2,3)16-12-10-15(11-13-16)18(14-27)20(29-21(28)30-4)17-8-6-7-9-19(17)23(24,25)26/h6-13H,5H2,1-4H3. The third-order valence-electron chi connectivity index (χ3n) is 5.01. The molecular weight excluding hydrogens is 411 g/mol. The van der Waals surface area contributed by atoms with E-state index in [0.717, 1.165) is 18.1 Å². The lowest BCUT2D eigenvalue weighted by Gasteiger charge is -2.23. The summed E-state index contributed by atoms with van der Waals surface area (Å²) in [6.45, 7) is 6.21. The summed E-state index contributed by atoms with van der Waals surface area (Å²) in [7, 11) is 0. The summed E-state index contributed by atoms with van der Waals surface area (Å²) >= 11 is 0.707. The molecule has 0 aliphatic rings. The fourth-order valence-corrected chi connectivity index (χ4v) is 3.00. The number of carbonyl (C=O) groups excluding carboxylic acids is 1. The highest BCUT2D eigenvalue weighted by Gasteiger charge is 2.35. The molecule has 0 aromatic heterocycles. The van der Waals surface area contributed by atoms with E-state index in [1.54, 1.807) is 12.1 Å². The summed E-state index contributed by atoms with van der Waals surface area (Å²) < 4.78 is 45.9. The van der Waals surface area contributed by atoms with E-state index in [4.69, 9.17) is 4.74 Å². The highest BCUT2D eigenvalue weighted by Crippen LogP contribution is 2.38. The van der Waals surface area contributed by atoms with Crippen molar-refractivity contribution in [3.05, 3.63) is 70.8 Å². The van der Waals surface area contributed by atoms with E-state index in [-0.39, 0.29) is 16.6 Å². The third-order valence-corrected chi connectivity index (χ3v) is 5.42. The highest BCUT2D eigenvalue weighted by atomic mass is 32.2. The molecule has 2 rings (SSSR count). The molecular formula is C23H22F3NO2S. The van der Waals surface area contributed by atoms with Crippen LogP contribution < -0.4 is 0 Å². The van der Waals surface area contributed by atoms with Crippen LogP contribution in [0.2, 0.25) is 0 Å². The molecule has 0 fully saturated rings. The van der Waals surface area contributed by atoms with Gasteiger partial charge in [0.05, 0.1) is 5.56 Å². The molecule has 0 unspecified atom stereocenters. The van der Waals surface area contributed by atoms with Crippen LogP contribution in [0.4, 0.5) is 18.0 Å². The van der Waals surface area contributed by atoms with Crippen LogP contribution in [0.5, 0.6) is 0 Å². The van der Waals surface area contributed by atoms with Crippen molar-refractivity contribution in [1.29, 1.82) is 5.26 Å². The minimum absolute atomic E-state index is 0.0912. The lowest BCUT2D eigenvalue weighted by atomic mass is 9.81. The average Bonchev–Trinajstić information content (AvgIpc) is 2.73. The van der Waals surface area contributed by atoms with E-state index in [2.05, 4.69) is 20.8 Å². The van der Waals surface area contributed by atoms with Crippen molar-refractivity contribution >= 4 is 28.4 Å². The second-order valence-electron chi connectivity index (χ2n) is 7.23. The lowest BCUT2D eigenvalue weighted by Crippen LogP contribution is -2.15. The van der Waals surface area contributed by atoms with Gasteiger partial charge in [0, 0.05) is 5.56 Å². The first kappa shape index (κ1) is 23.6. The Kier molecular flexibility index (Phi) is 7.38. The largest absolute Gasteiger partial charge is 0.417 e. The summed E-state index contributed by atoms with van der Waals surface area (Å²) in [6.07, 6.45) is -2.34. The number of nitrogens with zero attached hydrogens (tertiary/aromatic N) is 1. The van der Waals surface area contributed by atoms with E-state index >= 15 is 0 Å². The van der Waals surface area contributed by atoms with Gasteiger partial charge >= 0.3 is 11.5 Å². The van der Waals surface area contributed by atoms with E-state index < -0.39 is 22.8 Å². The summed E-state index contributed by atoms with van der Waals surface area (Å²) in [5, 5.41) is 8.97. The maximum absolute atomic E-state index is 13.6. The molecule has 30 heavy (non-hydrogen) atoms. The quantitative estimate of drug-likeness (QED) is 0.215. The smallest absolute Gasteiger partial charge is 0.416 e. The lowest BCUT2D eigenvalue weighted by molar-refractivity contribution is -0.137. The number of halogens is 3. The van der Waals surface area contributed by atoms with Crippen LogP contribution in [0.1, 0.15) is 49.4 Å². The SMILES string of the molecule is CCC(C)(C)c1ccc(C(C#N)=C(OC(=O)SC)c2ccccc2C(F)(F)F)cc1. The molecule has 0 heterocycles. The number of allylic oxidation sites excluding steroid dienone is 1. The molecule has 158 valence electrons. The molecule has 0 N–H and O–H groups in total. The summed E-state index contributed by atoms with van der Waals surface area (Å²) in [4.78, 5) is 11.9. The van der Waals surface area contributed by atoms with Gasteiger partial charge in [-0.25, -0.2) is 4.79 Å². The van der Waals surface area contributed by atoms with Crippen LogP contribution in [0.25, 0.3) is 11.3 Å². The first-order valence-corrected chi connectivity index (χ1v) is 10.4. The van der Waals surface area contributed by atoms with Crippen LogP contribution >= 0.6 is 11.8 Å². The zero-order valence-electron chi connectivity index (χ0n) is 17.1. The van der Waals surface area contributed by atoms with Crippen LogP contribution in [-0.2, 0) is 16.3 Å². The molecule has 0 saturated carbocycles. The Morgan fingerprint density at radius 1 is 1.10 bits per heavy atom. The first-order chi connectivity index (χ1) is 14.0. The number of carbonyl (C=O) groups is 1. The van der Waals surface area contributed by atoms with E-state index in [1.165, 1.54) is 24.5 Å². The van der Waals surface area contributed by atoms with Gasteiger partial charge in [-0.05, 0) is 47.0 Å². The molecule has 2 aromatic carbocycles. The predicted molar refractivity (Wildman–Crippen MR) is 114 cm³/mol. The van der Waals surface area contributed by atoms with Gasteiger partial charge in [-0.2, -0.15) is 18.4 Å². The number of rotatable bonds is 5. The Morgan fingerprint density at radius 3 is 2.20 bits per heavy atom. The van der Waals surface area contributed by atoms with E-state index in [0.29, 0.717) is 17.3 Å². The molecule has 0 aliphatic heterocycles. The zero-order valence-corrected chi connectivity index (χ0v) is 17.9. The molecule has 0 aliphatic carbocycles. The Morgan fingerprint density at radius 2 is 1.70 bits per heavy atom. The van der Waals surface area contributed by atoms with Crippen molar-refractivity contribution in [3.8, 4) is 6.07 Å². The molecule has 2 aromatic rings. The Labute approximate surface area is 178 Å². The second-order valence-corrected chi connectivity index (χ2v) is 7.97. The maximum Gasteiger partial charge on any atom is 0.417 e. The Bertz CT molecular complexity index is 987. The highest BCUT2D eigenvalue weighted by molar-refractivity contribution is 8.12. The van der Waals surface area contributed by atoms with Crippen molar-refractivity contribution in [3.63, 3.8) is 0 Å². The average molecular weight is 433 g/mol. The predicted octanol–water partition coefficient (Wildman–Crippen LogP) is 7.28. The minimum Gasteiger partial charge on any atom is -0.416 e. The van der Waals surface area contributed by atoms with Crippen molar-refractivity contribution in [2.45, 2.75) is 38.8 Å². The van der Waals surface area contributed by atoms with Crippen molar-refractivity contribution in [2.75, 3.05) is 6.26 Å². The molecule has 0 radical (unpaired) electrons. The number of benzene rings is 2. The van der Waals surface area contributed by atoms with Crippen molar-refractivity contribution in [1.82, 2.24) is 0 Å². The van der Waals surface area contributed by atoms with Gasteiger partial charge < -0.3 is 4.74 Å². The molecule has 3 nitrogen and oxygen atoms in total. The number of hydrogen-bond donors (Lipinski definition) is 0. The van der Waals surface area contributed by atoms with Gasteiger partial charge in [-0.3, -0.25) is 0 Å². The fourth-order valence-electron chi connectivity index (χ4n) is 2.83. The van der Waals surface area contributed by atoms with Crippen molar-refractivity contribution in [2.24, 2.45) is 0 Å². The molecule has 0 atom stereocenters. The number of hydrogen-bond acceptors (Lipinski definition) is 4. The molecule has 0 spiro atoms. The first-order valence-electron chi connectivity index (χ1n) is 9.22. The van der Waals surface area contributed by atoms with Crippen LogP contribution in [0, 0.1) is 11.3 Å². The van der Waals surface area contributed by atoms with Gasteiger partial charge in [0.1, 0.15) is 11.6 Å². The van der Waals surface area contributed by atoms with Crippen LogP contribution in [0.3, 0.4) is 0 Å². The maximum atomic E-state index is 13.6. The third kappa shape index (κ3) is 5.25. The minimum atomic E-state index is -4.68. The molecule has 0 amide bonds. The molecule has 7 heteroatoms. The van der Waals surface area contributed by atoms with Crippen molar-refractivity contribution < 1.29 is 22.7 Å². The Hall–Kier alpha value is -2.72. The summed E-state index contributed by atoms with van der Waals surface area (Å²) in [5.74, 6) is -0.410. The van der Waals surface area contributed by atoms with Gasteiger partial charge in [-0.1, -0.05) is 63.2 Å². The Balaban J connectivity index is 2.73. The van der Waals surface area contributed by atoms with Crippen LogP contribution in [0.15, 0.2) is 48.5 Å². The summed E-state index contributed by atoms with van der Waals surface area (Å²) in [6, 6.07) is 13.6. The second kappa shape index (κ2) is 9.40. The number of thioether (sulfide) groups is 1. The van der Waals surface area contributed by atoms with Gasteiger partial charge in [0.2, 0.25) is 0 Å².